The molecule has 0 radical (unpaired) electrons. The van der Waals surface area contributed by atoms with Crippen molar-refractivity contribution in [1.29, 1.82) is 0 Å². The van der Waals surface area contributed by atoms with Crippen LogP contribution in [0.4, 0.5) is 10.7 Å². The molecule has 0 unspecified atom stereocenters. The molecular formula is C27H25ClN2O5S. The zero-order chi connectivity index (χ0) is 25.7. The highest BCUT2D eigenvalue weighted by molar-refractivity contribution is 7.17. The summed E-state index contributed by atoms with van der Waals surface area (Å²) in [5.74, 6) is -2.25. The minimum Gasteiger partial charge on any atom is -0.462 e. The van der Waals surface area contributed by atoms with E-state index in [2.05, 4.69) is 0 Å². The van der Waals surface area contributed by atoms with Gasteiger partial charge in [-0.3, -0.25) is 14.4 Å². The smallest absolute Gasteiger partial charge is 0.341 e. The number of thiophene rings is 1. The van der Waals surface area contributed by atoms with Crippen LogP contribution in [0, 0.1) is 26.7 Å². The lowest BCUT2D eigenvalue weighted by molar-refractivity contribution is -0.126. The van der Waals surface area contributed by atoms with Crippen LogP contribution in [0.25, 0.3) is 0 Å². The number of halogens is 1. The van der Waals surface area contributed by atoms with Crippen LogP contribution in [-0.4, -0.2) is 30.5 Å². The number of nitrogens with zero attached hydrogens (tertiary/aromatic N) is 2. The van der Waals surface area contributed by atoms with Gasteiger partial charge in [0.25, 0.3) is 5.91 Å². The number of carbonyl (C=O) groups excluding carboxylic acids is 3. The normalized spacial score (nSPS) is 21.3. The van der Waals surface area contributed by atoms with E-state index in [1.54, 1.807) is 43.2 Å². The molecule has 9 heteroatoms. The summed E-state index contributed by atoms with van der Waals surface area (Å²) in [4.78, 5) is 48.6. The highest BCUT2D eigenvalue weighted by Gasteiger charge is 2.61. The van der Waals surface area contributed by atoms with Gasteiger partial charge in [0.2, 0.25) is 5.91 Å². The Bertz CT molecular complexity index is 1350. The fourth-order valence-electron chi connectivity index (χ4n) is 4.74. The first kappa shape index (κ1) is 24.5. The molecule has 1 aromatic heterocycles. The van der Waals surface area contributed by atoms with Crippen LogP contribution in [-0.2, 0) is 19.2 Å². The van der Waals surface area contributed by atoms with Gasteiger partial charge < -0.3 is 4.74 Å². The number of anilines is 2. The van der Waals surface area contributed by atoms with Crippen molar-refractivity contribution in [3.05, 3.63) is 80.7 Å². The van der Waals surface area contributed by atoms with Gasteiger partial charge in [-0.05, 0) is 63.1 Å². The lowest BCUT2D eigenvalue weighted by atomic mass is 9.90. The lowest BCUT2D eigenvalue weighted by Gasteiger charge is -2.28. The quantitative estimate of drug-likeness (QED) is 0.321. The summed E-state index contributed by atoms with van der Waals surface area (Å²) < 4.78 is 5.24. The number of hydroxylamine groups is 1. The van der Waals surface area contributed by atoms with Gasteiger partial charge in [0.1, 0.15) is 10.9 Å². The molecule has 0 bridgehead atoms. The van der Waals surface area contributed by atoms with Crippen molar-refractivity contribution in [2.75, 3.05) is 16.6 Å². The second-order valence-corrected chi connectivity index (χ2v) is 10.5. The third-order valence-electron chi connectivity index (χ3n) is 6.66. The average Bonchev–Trinajstić information content (AvgIpc) is 3.45. The molecule has 3 heterocycles. The molecule has 36 heavy (non-hydrogen) atoms. The first-order chi connectivity index (χ1) is 17.2. The van der Waals surface area contributed by atoms with E-state index >= 15 is 0 Å². The highest BCUT2D eigenvalue weighted by Crippen LogP contribution is 2.49. The minimum absolute atomic E-state index is 0.189. The van der Waals surface area contributed by atoms with Crippen LogP contribution in [0.1, 0.15) is 44.9 Å². The SMILES string of the molecule is CCOC(=O)c1c(N2C(=O)[C@H]3[C@H](ON(c4ccc(Cl)cc4)[C@H]3c3ccc(C)cc3)C2=O)sc(C)c1C. The molecule has 2 saturated heterocycles. The topological polar surface area (TPSA) is 76.2 Å². The Morgan fingerprint density at radius 1 is 1.03 bits per heavy atom. The van der Waals surface area contributed by atoms with Gasteiger partial charge in [-0.15, -0.1) is 11.3 Å². The first-order valence-corrected chi connectivity index (χ1v) is 12.9. The summed E-state index contributed by atoms with van der Waals surface area (Å²) in [5, 5.41) is 2.48. The Kier molecular flexibility index (Phi) is 6.36. The molecule has 0 N–H and O–H groups in total. The summed E-state index contributed by atoms with van der Waals surface area (Å²) in [6.07, 6.45) is -1.03. The molecule has 0 saturated carbocycles. The van der Waals surface area contributed by atoms with E-state index < -0.39 is 35.8 Å². The molecule has 5 rings (SSSR count). The number of aryl methyl sites for hydroxylation is 2. The van der Waals surface area contributed by atoms with Crippen molar-refractivity contribution < 1.29 is 24.0 Å². The van der Waals surface area contributed by atoms with E-state index in [1.165, 1.54) is 11.3 Å². The predicted octanol–water partition coefficient (Wildman–Crippen LogP) is 5.55. The van der Waals surface area contributed by atoms with E-state index in [-0.39, 0.29) is 17.2 Å². The number of imide groups is 1. The fraction of sp³-hybridized carbons (Fsp3) is 0.296. The maximum absolute atomic E-state index is 14.0. The number of carbonyl (C=O) groups is 3. The Labute approximate surface area is 218 Å². The van der Waals surface area contributed by atoms with E-state index in [9.17, 15) is 14.4 Å². The molecule has 2 aliphatic heterocycles. The molecule has 2 amide bonds. The van der Waals surface area contributed by atoms with Gasteiger partial charge in [-0.1, -0.05) is 41.4 Å². The van der Waals surface area contributed by atoms with Crippen LogP contribution >= 0.6 is 22.9 Å². The molecule has 2 aromatic carbocycles. The number of ether oxygens (including phenoxy) is 1. The van der Waals surface area contributed by atoms with E-state index in [0.717, 1.165) is 20.9 Å². The van der Waals surface area contributed by atoms with E-state index in [4.69, 9.17) is 21.2 Å². The number of amides is 2. The van der Waals surface area contributed by atoms with Crippen LogP contribution < -0.4 is 9.96 Å². The molecule has 186 valence electrons. The average molecular weight is 525 g/mol. The molecule has 2 fully saturated rings. The van der Waals surface area contributed by atoms with Crippen molar-refractivity contribution in [1.82, 2.24) is 0 Å². The number of hydrogen-bond donors (Lipinski definition) is 0. The summed E-state index contributed by atoms with van der Waals surface area (Å²) in [7, 11) is 0. The summed E-state index contributed by atoms with van der Waals surface area (Å²) in [5.41, 5.74) is 3.55. The van der Waals surface area contributed by atoms with Crippen molar-refractivity contribution in [3.63, 3.8) is 0 Å². The van der Waals surface area contributed by atoms with Crippen LogP contribution in [0.2, 0.25) is 5.02 Å². The summed E-state index contributed by atoms with van der Waals surface area (Å²) in [6.45, 7) is 7.54. The van der Waals surface area contributed by atoms with Crippen molar-refractivity contribution >= 4 is 51.4 Å². The number of benzene rings is 2. The summed E-state index contributed by atoms with van der Waals surface area (Å²) in [6, 6.07) is 14.3. The number of esters is 1. The number of fused-ring (bicyclic) bond motifs is 1. The van der Waals surface area contributed by atoms with Crippen LogP contribution in [0.5, 0.6) is 0 Å². The third-order valence-corrected chi connectivity index (χ3v) is 8.11. The van der Waals surface area contributed by atoms with Crippen molar-refractivity contribution in [2.24, 2.45) is 5.92 Å². The summed E-state index contributed by atoms with van der Waals surface area (Å²) >= 11 is 7.32. The predicted molar refractivity (Wildman–Crippen MR) is 138 cm³/mol. The minimum atomic E-state index is -1.03. The Balaban J connectivity index is 1.59. The Morgan fingerprint density at radius 3 is 2.33 bits per heavy atom. The first-order valence-electron chi connectivity index (χ1n) is 11.7. The van der Waals surface area contributed by atoms with Crippen molar-refractivity contribution in [2.45, 2.75) is 39.8 Å². The van der Waals surface area contributed by atoms with E-state index in [0.29, 0.717) is 16.3 Å². The zero-order valence-electron chi connectivity index (χ0n) is 20.3. The van der Waals surface area contributed by atoms with E-state index in [1.807, 2.05) is 38.1 Å². The maximum atomic E-state index is 14.0. The Hall–Kier alpha value is -3.20. The molecule has 0 aliphatic carbocycles. The molecule has 7 nitrogen and oxygen atoms in total. The molecule has 0 spiro atoms. The van der Waals surface area contributed by atoms with Crippen molar-refractivity contribution in [3.8, 4) is 0 Å². The largest absolute Gasteiger partial charge is 0.462 e. The molecular weight excluding hydrogens is 500 g/mol. The van der Waals surface area contributed by atoms with Gasteiger partial charge in [-0.2, -0.15) is 0 Å². The maximum Gasteiger partial charge on any atom is 0.341 e. The van der Waals surface area contributed by atoms with Gasteiger partial charge in [0, 0.05) is 9.90 Å². The monoisotopic (exact) mass is 524 g/mol. The second kappa shape index (κ2) is 9.35. The highest BCUT2D eigenvalue weighted by atomic mass is 35.5. The zero-order valence-corrected chi connectivity index (χ0v) is 21.9. The Morgan fingerprint density at radius 2 is 1.69 bits per heavy atom. The third kappa shape index (κ3) is 3.89. The van der Waals surface area contributed by atoms with Gasteiger partial charge in [-0.25, -0.2) is 14.8 Å². The molecule has 3 aromatic rings. The fourth-order valence-corrected chi connectivity index (χ4v) is 6.02. The van der Waals surface area contributed by atoms with Gasteiger partial charge >= 0.3 is 5.97 Å². The van der Waals surface area contributed by atoms with Crippen LogP contribution in [0.15, 0.2) is 48.5 Å². The molecule has 2 aliphatic rings. The second-order valence-electron chi connectivity index (χ2n) is 8.91. The van der Waals surface area contributed by atoms with Gasteiger partial charge in [0.15, 0.2) is 6.10 Å². The van der Waals surface area contributed by atoms with Gasteiger partial charge in [0.05, 0.1) is 23.9 Å². The van der Waals surface area contributed by atoms with Crippen LogP contribution in [0.3, 0.4) is 0 Å². The standard InChI is InChI=1S/C27H25ClN2O5S/c1-5-34-27(33)20-15(3)16(4)36-26(20)29-24(31)21-22(17-8-6-14(2)7-9-17)30(35-23(21)25(29)32)19-12-10-18(28)11-13-19/h6-13,21-23H,5H2,1-4H3/t21-,22+,23+/m1/s1. The number of hydrogen-bond acceptors (Lipinski definition) is 7. The lowest BCUT2D eigenvalue weighted by Crippen LogP contribution is -2.37. The number of rotatable bonds is 5. The molecule has 3 atom stereocenters.